The maximum Gasteiger partial charge on any atom is 0.289 e. The highest BCUT2D eigenvalue weighted by Crippen LogP contribution is 2.32. The number of fused-ring (bicyclic) bond motifs is 1. The van der Waals surface area contributed by atoms with Crippen molar-refractivity contribution in [1.29, 1.82) is 0 Å². The fourth-order valence-electron chi connectivity index (χ4n) is 4.83. The summed E-state index contributed by atoms with van der Waals surface area (Å²) in [6, 6.07) is 9.50. The Morgan fingerprint density at radius 2 is 1.84 bits per heavy atom. The van der Waals surface area contributed by atoms with Crippen molar-refractivity contribution >= 4 is 22.9 Å². The van der Waals surface area contributed by atoms with Crippen LogP contribution in [0.15, 0.2) is 40.8 Å². The number of hydrogen-bond donors (Lipinski definition) is 1. The smallest absolute Gasteiger partial charge is 0.289 e. The van der Waals surface area contributed by atoms with Gasteiger partial charge in [0.1, 0.15) is 17.4 Å². The molecular formula is C29H36FN3O4. The lowest BCUT2D eigenvalue weighted by Gasteiger charge is -2.40. The Kier molecular flexibility index (Phi) is 7.42. The van der Waals surface area contributed by atoms with Gasteiger partial charge in [-0.1, -0.05) is 34.6 Å². The topological polar surface area (TPSA) is 86.9 Å². The summed E-state index contributed by atoms with van der Waals surface area (Å²) >= 11 is 0. The van der Waals surface area contributed by atoms with E-state index in [1.165, 1.54) is 12.1 Å². The second kappa shape index (κ2) is 10.2. The van der Waals surface area contributed by atoms with E-state index in [4.69, 9.17) is 9.40 Å². The van der Waals surface area contributed by atoms with Crippen molar-refractivity contribution in [3.05, 3.63) is 53.5 Å². The predicted octanol–water partition coefficient (Wildman–Crippen LogP) is 5.23. The number of rotatable bonds is 5. The van der Waals surface area contributed by atoms with Gasteiger partial charge in [0.25, 0.3) is 11.8 Å². The third-order valence-corrected chi connectivity index (χ3v) is 6.77. The number of pyridine rings is 1. The molecule has 0 saturated carbocycles. The number of aliphatic hydroxyl groups excluding tert-OH is 1. The Bertz CT molecular complexity index is 1290. The first-order valence-electron chi connectivity index (χ1n) is 12.8. The number of nitrogens with zero attached hydrogens (tertiary/aromatic N) is 3. The first kappa shape index (κ1) is 26.8. The lowest BCUT2D eigenvalue weighted by molar-refractivity contribution is -0.145. The van der Waals surface area contributed by atoms with Crippen molar-refractivity contribution < 1.29 is 23.5 Å². The molecule has 7 nitrogen and oxygen atoms in total. The first-order chi connectivity index (χ1) is 17.3. The van der Waals surface area contributed by atoms with Crippen LogP contribution in [0.1, 0.15) is 70.0 Å². The second-order valence-corrected chi connectivity index (χ2v) is 11.5. The number of amides is 2. The number of piperazine rings is 1. The average Bonchev–Trinajstić information content (AvgIpc) is 3.26. The highest BCUT2D eigenvalue weighted by molar-refractivity contribution is 5.96. The van der Waals surface area contributed by atoms with Crippen molar-refractivity contribution in [2.24, 2.45) is 5.41 Å². The van der Waals surface area contributed by atoms with Gasteiger partial charge in [-0.2, -0.15) is 0 Å². The molecule has 3 aromatic rings. The number of furan rings is 1. The summed E-state index contributed by atoms with van der Waals surface area (Å²) in [5.41, 5.74) is 3.35. The molecule has 0 unspecified atom stereocenters. The molecule has 37 heavy (non-hydrogen) atoms. The molecule has 8 heteroatoms. The summed E-state index contributed by atoms with van der Waals surface area (Å²) in [7, 11) is 0. The third-order valence-electron chi connectivity index (χ3n) is 6.77. The van der Waals surface area contributed by atoms with Crippen molar-refractivity contribution in [1.82, 2.24) is 14.8 Å². The fraction of sp³-hybridized carbons (Fsp3) is 0.483. The SMILES string of the molecule is CC(C)c1cc(-c2ccc(F)cc2)nc2cc(C(=O)N3CCN(C(=O)[C@H](O)CC(C)(C)C)[C@@H](C)C3)oc12. The Hall–Kier alpha value is -3.26. The highest BCUT2D eigenvalue weighted by Gasteiger charge is 2.35. The zero-order valence-corrected chi connectivity index (χ0v) is 22.4. The molecule has 1 aromatic carbocycles. The number of hydrogen-bond acceptors (Lipinski definition) is 5. The van der Waals surface area contributed by atoms with Crippen LogP contribution >= 0.6 is 0 Å². The van der Waals surface area contributed by atoms with Gasteiger partial charge in [-0.25, -0.2) is 9.37 Å². The van der Waals surface area contributed by atoms with Gasteiger partial charge in [0.15, 0.2) is 11.3 Å². The molecule has 0 aliphatic carbocycles. The monoisotopic (exact) mass is 509 g/mol. The third kappa shape index (κ3) is 5.85. The molecule has 3 heterocycles. The minimum atomic E-state index is -1.06. The maximum absolute atomic E-state index is 13.4. The second-order valence-electron chi connectivity index (χ2n) is 11.5. The largest absolute Gasteiger partial charge is 0.449 e. The van der Waals surface area contributed by atoms with Gasteiger partial charge in [-0.05, 0) is 55.0 Å². The minimum Gasteiger partial charge on any atom is -0.449 e. The van der Waals surface area contributed by atoms with Crippen LogP contribution in [-0.4, -0.2) is 63.5 Å². The van der Waals surface area contributed by atoms with Crippen molar-refractivity contribution in [3.63, 3.8) is 0 Å². The quantitative estimate of drug-likeness (QED) is 0.509. The number of aromatic nitrogens is 1. The Morgan fingerprint density at radius 3 is 2.43 bits per heavy atom. The number of aliphatic hydroxyl groups is 1. The molecule has 2 amide bonds. The molecule has 1 fully saturated rings. The molecule has 4 rings (SSSR count). The van der Waals surface area contributed by atoms with Crippen LogP contribution in [0, 0.1) is 11.2 Å². The summed E-state index contributed by atoms with van der Waals surface area (Å²) < 4.78 is 19.5. The van der Waals surface area contributed by atoms with E-state index in [0.29, 0.717) is 42.8 Å². The van der Waals surface area contributed by atoms with E-state index in [1.54, 1.807) is 28.0 Å². The van der Waals surface area contributed by atoms with Crippen LogP contribution < -0.4 is 0 Å². The normalized spacial score (nSPS) is 17.5. The van der Waals surface area contributed by atoms with Gasteiger partial charge in [-0.3, -0.25) is 9.59 Å². The van der Waals surface area contributed by atoms with Crippen LogP contribution in [0.4, 0.5) is 4.39 Å². The first-order valence-corrected chi connectivity index (χ1v) is 12.8. The molecule has 0 radical (unpaired) electrons. The Balaban J connectivity index is 1.55. The van der Waals surface area contributed by atoms with Crippen LogP contribution in [0.25, 0.3) is 22.4 Å². The van der Waals surface area contributed by atoms with E-state index < -0.39 is 6.10 Å². The van der Waals surface area contributed by atoms with Gasteiger partial charge >= 0.3 is 0 Å². The summed E-state index contributed by atoms with van der Waals surface area (Å²) in [4.78, 5) is 34.3. The predicted molar refractivity (Wildman–Crippen MR) is 141 cm³/mol. The van der Waals surface area contributed by atoms with Crippen LogP contribution in [-0.2, 0) is 4.79 Å². The number of benzene rings is 1. The lowest BCUT2D eigenvalue weighted by atomic mass is 9.88. The van der Waals surface area contributed by atoms with E-state index >= 15 is 0 Å². The number of carbonyl (C=O) groups excluding carboxylic acids is 2. The van der Waals surface area contributed by atoms with Crippen molar-refractivity contribution in [2.75, 3.05) is 19.6 Å². The molecule has 1 saturated heterocycles. The molecule has 198 valence electrons. The lowest BCUT2D eigenvalue weighted by Crippen LogP contribution is -2.57. The van der Waals surface area contributed by atoms with E-state index in [1.807, 2.05) is 47.6 Å². The van der Waals surface area contributed by atoms with Gasteiger partial charge in [0, 0.05) is 42.9 Å². The number of carbonyl (C=O) groups is 2. The molecule has 1 N–H and O–H groups in total. The van der Waals surface area contributed by atoms with E-state index in [9.17, 15) is 19.1 Å². The van der Waals surface area contributed by atoms with Crippen LogP contribution in [0.3, 0.4) is 0 Å². The molecule has 0 bridgehead atoms. The van der Waals surface area contributed by atoms with Gasteiger partial charge in [-0.15, -0.1) is 0 Å². The van der Waals surface area contributed by atoms with Crippen molar-refractivity contribution in [2.45, 2.75) is 66.0 Å². The standard InChI is InChI=1S/C29H36FN3O4/c1-17(2)21-13-22(19-7-9-20(30)10-8-19)31-23-14-25(37-26(21)23)28(36)32-11-12-33(18(3)16-32)27(35)24(34)15-29(4,5)6/h7-10,13-14,17-18,24,34H,11-12,15-16H2,1-6H3/t18-,24+/m0/s1. The zero-order valence-electron chi connectivity index (χ0n) is 22.4. The highest BCUT2D eigenvalue weighted by atomic mass is 19.1. The van der Waals surface area contributed by atoms with E-state index in [-0.39, 0.29) is 40.8 Å². The van der Waals surface area contributed by atoms with Gasteiger partial charge in [0.2, 0.25) is 0 Å². The van der Waals surface area contributed by atoms with Crippen LogP contribution in [0.2, 0.25) is 0 Å². The minimum absolute atomic E-state index is 0.118. The van der Waals surface area contributed by atoms with Crippen LogP contribution in [0.5, 0.6) is 0 Å². The summed E-state index contributed by atoms with van der Waals surface area (Å²) in [5.74, 6) is -0.555. The van der Waals surface area contributed by atoms with Gasteiger partial charge in [0.05, 0.1) is 5.69 Å². The van der Waals surface area contributed by atoms with E-state index in [0.717, 1.165) is 11.1 Å². The van der Waals surface area contributed by atoms with Crippen molar-refractivity contribution in [3.8, 4) is 11.3 Å². The fourth-order valence-corrected chi connectivity index (χ4v) is 4.83. The average molecular weight is 510 g/mol. The summed E-state index contributed by atoms with van der Waals surface area (Å²) in [6.07, 6.45) is -0.683. The molecule has 1 aliphatic rings. The molecule has 0 spiro atoms. The molecular weight excluding hydrogens is 473 g/mol. The Morgan fingerprint density at radius 1 is 1.16 bits per heavy atom. The summed E-state index contributed by atoms with van der Waals surface area (Å²) in [6.45, 7) is 13.0. The summed E-state index contributed by atoms with van der Waals surface area (Å²) in [5, 5.41) is 10.4. The molecule has 2 aromatic heterocycles. The zero-order chi connectivity index (χ0) is 27.1. The number of halogens is 1. The van der Waals surface area contributed by atoms with Gasteiger partial charge < -0.3 is 19.3 Å². The maximum atomic E-state index is 13.4. The van der Waals surface area contributed by atoms with E-state index in [2.05, 4.69) is 0 Å². The molecule has 2 atom stereocenters. The Labute approximate surface area is 217 Å². The molecule has 1 aliphatic heterocycles.